The van der Waals surface area contributed by atoms with Gasteiger partial charge >= 0.3 is 0 Å². The summed E-state index contributed by atoms with van der Waals surface area (Å²) in [6.45, 7) is 15.8. The number of rotatable bonds is 2. The fraction of sp³-hybridized carbons (Fsp3) is 0.367. The van der Waals surface area contributed by atoms with Crippen molar-refractivity contribution in [2.75, 3.05) is 0 Å². The van der Waals surface area contributed by atoms with Crippen molar-refractivity contribution in [3.8, 4) is 22.8 Å². The summed E-state index contributed by atoms with van der Waals surface area (Å²) >= 11 is 0. The molecule has 2 nitrogen and oxygen atoms in total. The van der Waals surface area contributed by atoms with Crippen molar-refractivity contribution < 1.29 is 9.30 Å². The van der Waals surface area contributed by atoms with E-state index in [0.29, 0.717) is 5.92 Å². The number of nitrogens with zero attached hydrogens (tertiary/aromatic N) is 1. The largest absolute Gasteiger partial charge is 0.455 e. The summed E-state index contributed by atoms with van der Waals surface area (Å²) in [4.78, 5) is 0. The van der Waals surface area contributed by atoms with Crippen LogP contribution in [-0.2, 0) is 18.9 Å². The molecule has 32 heavy (non-hydrogen) atoms. The van der Waals surface area contributed by atoms with Gasteiger partial charge in [-0.1, -0.05) is 52.8 Å². The van der Waals surface area contributed by atoms with E-state index in [1.807, 2.05) is 0 Å². The van der Waals surface area contributed by atoms with Gasteiger partial charge in [0, 0.05) is 11.6 Å². The molecule has 0 amide bonds. The van der Waals surface area contributed by atoms with Crippen molar-refractivity contribution in [2.24, 2.45) is 13.0 Å². The molecule has 0 spiro atoms. The minimum Gasteiger partial charge on any atom is -0.455 e. The highest BCUT2D eigenvalue weighted by atomic mass is 16.5. The van der Waals surface area contributed by atoms with E-state index in [1.54, 1.807) is 0 Å². The van der Waals surface area contributed by atoms with Gasteiger partial charge in [0.2, 0.25) is 5.69 Å². The summed E-state index contributed by atoms with van der Waals surface area (Å²) in [5.41, 5.74) is 7.78. The molecule has 0 atom stereocenters. The Kier molecular flexibility index (Phi) is 4.64. The summed E-state index contributed by atoms with van der Waals surface area (Å²) in [5.74, 6) is 2.63. The highest BCUT2D eigenvalue weighted by molar-refractivity contribution is 6.06. The third-order valence-electron chi connectivity index (χ3n) is 6.99. The van der Waals surface area contributed by atoms with E-state index in [-0.39, 0.29) is 5.41 Å². The topological polar surface area (TPSA) is 13.1 Å². The number of fused-ring (bicyclic) bond motifs is 3. The Labute approximate surface area is 191 Å². The Morgan fingerprint density at radius 1 is 0.938 bits per heavy atom. The quantitative estimate of drug-likeness (QED) is 0.265. The van der Waals surface area contributed by atoms with Crippen LogP contribution in [0.1, 0.15) is 56.9 Å². The van der Waals surface area contributed by atoms with Gasteiger partial charge in [0.05, 0.1) is 10.9 Å². The van der Waals surface area contributed by atoms with Crippen molar-refractivity contribution in [3.05, 3.63) is 64.8 Å². The Morgan fingerprint density at radius 2 is 1.69 bits per heavy atom. The van der Waals surface area contributed by atoms with E-state index in [2.05, 4.69) is 103 Å². The highest BCUT2D eigenvalue weighted by Crippen LogP contribution is 2.51. The van der Waals surface area contributed by atoms with Gasteiger partial charge in [-0.2, -0.15) is 0 Å². The molecule has 0 saturated heterocycles. The van der Waals surface area contributed by atoms with Crippen LogP contribution in [0.2, 0.25) is 0 Å². The van der Waals surface area contributed by atoms with Gasteiger partial charge in [-0.25, -0.2) is 4.57 Å². The molecule has 0 fully saturated rings. The molecule has 0 bridgehead atoms. The Morgan fingerprint density at radius 3 is 2.38 bits per heavy atom. The monoisotopic (exact) mass is 424 g/mol. The van der Waals surface area contributed by atoms with Gasteiger partial charge in [0.25, 0.3) is 0 Å². The lowest BCUT2D eigenvalue weighted by atomic mass is 9.83. The zero-order valence-electron chi connectivity index (χ0n) is 20.7. The maximum Gasteiger partial charge on any atom is 0.228 e. The predicted octanol–water partition coefficient (Wildman–Crippen LogP) is 7.70. The SMILES string of the molecule is Cc1c2c(c(C)c3ccc(CC(C)C)cc13)-c1c3c(cc(C(C)(C)C)cc3cc[n+]1C)O2. The molecule has 5 rings (SSSR count). The van der Waals surface area contributed by atoms with E-state index in [9.17, 15) is 0 Å². The third kappa shape index (κ3) is 3.11. The summed E-state index contributed by atoms with van der Waals surface area (Å²) in [6.07, 6.45) is 3.28. The van der Waals surface area contributed by atoms with E-state index in [1.165, 1.54) is 55.1 Å². The van der Waals surface area contributed by atoms with Crippen LogP contribution < -0.4 is 9.30 Å². The van der Waals surface area contributed by atoms with Crippen LogP contribution in [0, 0.1) is 19.8 Å². The minimum atomic E-state index is 0.0621. The van der Waals surface area contributed by atoms with Gasteiger partial charge < -0.3 is 4.74 Å². The molecule has 1 aliphatic rings. The van der Waals surface area contributed by atoms with Crippen LogP contribution in [0.15, 0.2) is 42.6 Å². The van der Waals surface area contributed by atoms with Crippen molar-refractivity contribution >= 4 is 21.5 Å². The lowest BCUT2D eigenvalue weighted by Gasteiger charge is -2.27. The lowest BCUT2D eigenvalue weighted by Crippen LogP contribution is -2.32. The summed E-state index contributed by atoms with van der Waals surface area (Å²) in [7, 11) is 2.15. The smallest absolute Gasteiger partial charge is 0.228 e. The van der Waals surface area contributed by atoms with E-state index >= 15 is 0 Å². The average Bonchev–Trinajstić information content (AvgIpc) is 2.72. The first-order valence-corrected chi connectivity index (χ1v) is 11.8. The van der Waals surface area contributed by atoms with Crippen LogP contribution in [0.5, 0.6) is 11.5 Å². The zero-order chi connectivity index (χ0) is 22.9. The van der Waals surface area contributed by atoms with Gasteiger partial charge in [-0.15, -0.1) is 0 Å². The standard InChI is InChI=1S/C30H34NO/c1-17(2)13-20-9-10-23-18(3)26-28-27-21(11-12-31(28)8)15-22(30(5,6)7)16-25(27)32-29(26)19(4)24(23)14-20/h9-12,14-17H,13H2,1-8H3/q+1. The normalized spacial score (nSPS) is 13.0. The molecule has 0 N–H and O–H groups in total. The maximum atomic E-state index is 6.77. The van der Waals surface area contributed by atoms with Crippen LogP contribution in [0.4, 0.5) is 0 Å². The molecule has 2 heterocycles. The number of aryl methyl sites for hydroxylation is 3. The number of ether oxygens (including phenoxy) is 1. The molecule has 4 aromatic rings. The second-order valence-corrected chi connectivity index (χ2v) is 11.0. The van der Waals surface area contributed by atoms with Crippen LogP contribution in [-0.4, -0.2) is 0 Å². The molecular formula is C30H34NO+. The zero-order valence-corrected chi connectivity index (χ0v) is 20.7. The molecular weight excluding hydrogens is 390 g/mol. The predicted molar refractivity (Wildman–Crippen MR) is 135 cm³/mol. The van der Waals surface area contributed by atoms with Gasteiger partial charge in [0.15, 0.2) is 6.20 Å². The average molecular weight is 425 g/mol. The first kappa shape index (κ1) is 21.0. The van der Waals surface area contributed by atoms with E-state index in [4.69, 9.17) is 4.74 Å². The fourth-order valence-electron chi connectivity index (χ4n) is 5.24. The molecule has 0 saturated carbocycles. The molecule has 1 aromatic heterocycles. The minimum absolute atomic E-state index is 0.0621. The Balaban J connectivity index is 1.86. The van der Waals surface area contributed by atoms with Gasteiger partial charge in [-0.3, -0.25) is 0 Å². The molecule has 0 radical (unpaired) electrons. The maximum absolute atomic E-state index is 6.77. The van der Waals surface area contributed by atoms with Crippen molar-refractivity contribution in [1.29, 1.82) is 0 Å². The number of aromatic nitrogens is 1. The lowest BCUT2D eigenvalue weighted by molar-refractivity contribution is -0.659. The first-order valence-electron chi connectivity index (χ1n) is 11.8. The Bertz CT molecular complexity index is 1400. The van der Waals surface area contributed by atoms with Crippen LogP contribution in [0.3, 0.4) is 0 Å². The number of hydrogen-bond donors (Lipinski definition) is 0. The first-order chi connectivity index (χ1) is 15.1. The molecule has 3 aromatic carbocycles. The molecule has 0 unspecified atom stereocenters. The molecule has 164 valence electrons. The van der Waals surface area contributed by atoms with Crippen LogP contribution >= 0.6 is 0 Å². The number of hydrogen-bond acceptors (Lipinski definition) is 1. The van der Waals surface area contributed by atoms with Crippen molar-refractivity contribution in [2.45, 2.75) is 60.3 Å². The fourth-order valence-corrected chi connectivity index (χ4v) is 5.24. The number of benzene rings is 3. The highest BCUT2D eigenvalue weighted by Gasteiger charge is 2.33. The molecule has 1 aliphatic heterocycles. The van der Waals surface area contributed by atoms with Gasteiger partial charge in [0.1, 0.15) is 18.5 Å². The molecule has 2 heteroatoms. The van der Waals surface area contributed by atoms with Crippen LogP contribution in [0.25, 0.3) is 32.8 Å². The van der Waals surface area contributed by atoms with Gasteiger partial charge in [-0.05, 0) is 76.6 Å². The summed E-state index contributed by atoms with van der Waals surface area (Å²) in [5, 5.41) is 5.10. The Hall–Kier alpha value is -2.87. The molecule has 0 aliphatic carbocycles. The summed E-state index contributed by atoms with van der Waals surface area (Å²) in [6, 6.07) is 13.8. The van der Waals surface area contributed by atoms with Crippen molar-refractivity contribution in [3.63, 3.8) is 0 Å². The van der Waals surface area contributed by atoms with Crippen molar-refractivity contribution in [1.82, 2.24) is 0 Å². The third-order valence-corrected chi connectivity index (χ3v) is 6.99. The number of pyridine rings is 1. The second kappa shape index (κ2) is 7.07. The van der Waals surface area contributed by atoms with E-state index in [0.717, 1.165) is 17.9 Å². The second-order valence-electron chi connectivity index (χ2n) is 11.0. The van der Waals surface area contributed by atoms with E-state index < -0.39 is 0 Å². The summed E-state index contributed by atoms with van der Waals surface area (Å²) < 4.78 is 9.03.